The highest BCUT2D eigenvalue weighted by atomic mass is 35.5. The molecule has 1 aromatic carbocycles. The minimum absolute atomic E-state index is 0.433. The van der Waals surface area contributed by atoms with E-state index in [1.807, 2.05) is 12.1 Å². The first-order chi connectivity index (χ1) is 10.7. The molecule has 0 aromatic heterocycles. The third-order valence-corrected chi connectivity index (χ3v) is 5.79. The van der Waals surface area contributed by atoms with Crippen molar-refractivity contribution in [3.8, 4) is 0 Å². The fourth-order valence-corrected chi connectivity index (χ4v) is 4.42. The molecule has 1 aromatic rings. The Morgan fingerprint density at radius 3 is 2.55 bits per heavy atom. The Morgan fingerprint density at radius 2 is 1.82 bits per heavy atom. The molecule has 1 saturated carbocycles. The number of piperidine rings is 1. The number of rotatable bonds is 5. The number of hydrogen-bond donors (Lipinski definition) is 1. The highest BCUT2D eigenvalue weighted by Gasteiger charge is 2.27. The fraction of sp³-hybridized carbons (Fsp3) is 0.684. The van der Waals surface area contributed by atoms with Crippen molar-refractivity contribution in [2.24, 2.45) is 17.6 Å². The fourth-order valence-electron chi connectivity index (χ4n) is 4.30. The predicted molar refractivity (Wildman–Crippen MR) is 94.0 cm³/mol. The van der Waals surface area contributed by atoms with Gasteiger partial charge in [-0.3, -0.25) is 4.90 Å². The number of hydrogen-bond acceptors (Lipinski definition) is 2. The largest absolute Gasteiger partial charge is 0.327 e. The van der Waals surface area contributed by atoms with Gasteiger partial charge in [-0.25, -0.2) is 0 Å². The second kappa shape index (κ2) is 7.81. The van der Waals surface area contributed by atoms with E-state index in [0.717, 1.165) is 23.4 Å². The van der Waals surface area contributed by atoms with Gasteiger partial charge in [0, 0.05) is 24.2 Å². The molecular weight excluding hydrogens is 292 g/mol. The van der Waals surface area contributed by atoms with Crippen LogP contribution < -0.4 is 5.73 Å². The smallest absolute Gasteiger partial charge is 0.0406 e. The van der Waals surface area contributed by atoms with Crippen molar-refractivity contribution < 1.29 is 0 Å². The molecule has 2 unspecified atom stereocenters. The van der Waals surface area contributed by atoms with Crippen LogP contribution in [0.4, 0.5) is 0 Å². The van der Waals surface area contributed by atoms with Crippen molar-refractivity contribution >= 4 is 11.6 Å². The molecule has 3 heteroatoms. The number of likely N-dealkylation sites (tertiary alicyclic amines) is 1. The van der Waals surface area contributed by atoms with E-state index in [1.165, 1.54) is 63.6 Å². The molecule has 2 fully saturated rings. The summed E-state index contributed by atoms with van der Waals surface area (Å²) >= 11 is 5.97. The summed E-state index contributed by atoms with van der Waals surface area (Å²) in [4.78, 5) is 2.60. The van der Waals surface area contributed by atoms with Crippen LogP contribution in [0, 0.1) is 11.8 Å². The maximum Gasteiger partial charge on any atom is 0.0406 e. The molecular formula is C19H29ClN2. The molecule has 0 spiro atoms. The zero-order valence-electron chi connectivity index (χ0n) is 13.5. The number of halogens is 1. The van der Waals surface area contributed by atoms with Crippen LogP contribution in [0.5, 0.6) is 0 Å². The summed E-state index contributed by atoms with van der Waals surface area (Å²) in [5.74, 6) is 1.59. The van der Waals surface area contributed by atoms with E-state index < -0.39 is 0 Å². The van der Waals surface area contributed by atoms with Crippen LogP contribution in [0.3, 0.4) is 0 Å². The van der Waals surface area contributed by atoms with Crippen molar-refractivity contribution in [3.63, 3.8) is 0 Å². The third-order valence-electron chi connectivity index (χ3n) is 5.53. The molecule has 1 saturated heterocycles. The van der Waals surface area contributed by atoms with Crippen molar-refractivity contribution in [1.82, 2.24) is 4.90 Å². The Bertz CT molecular complexity index is 453. The Hall–Kier alpha value is -0.570. The van der Waals surface area contributed by atoms with Crippen molar-refractivity contribution in [3.05, 3.63) is 34.9 Å². The van der Waals surface area contributed by atoms with Crippen LogP contribution in [0.25, 0.3) is 0 Å². The average Bonchev–Trinajstić information content (AvgIpc) is 3.04. The molecule has 0 bridgehead atoms. The normalized spacial score (nSPS) is 25.5. The van der Waals surface area contributed by atoms with Gasteiger partial charge in [-0.2, -0.15) is 0 Å². The van der Waals surface area contributed by atoms with E-state index in [4.69, 9.17) is 17.3 Å². The van der Waals surface area contributed by atoms with Gasteiger partial charge in [-0.05, 0) is 68.2 Å². The van der Waals surface area contributed by atoms with Gasteiger partial charge in [0.15, 0.2) is 0 Å². The second-order valence-corrected chi connectivity index (χ2v) is 7.75. The standard InChI is InChI=1S/C19H29ClN2/c20-18-9-7-15(8-10-18)13-22-11-3-4-16(14-22)12-19(21)17-5-1-2-6-17/h7-10,16-17,19H,1-6,11-14,21H2. The topological polar surface area (TPSA) is 29.3 Å². The maximum absolute atomic E-state index is 6.49. The van der Waals surface area contributed by atoms with Crippen LogP contribution in [-0.2, 0) is 6.54 Å². The molecule has 1 heterocycles. The molecule has 2 atom stereocenters. The van der Waals surface area contributed by atoms with E-state index >= 15 is 0 Å². The molecule has 3 rings (SSSR count). The summed E-state index contributed by atoms with van der Waals surface area (Å²) in [7, 11) is 0. The minimum Gasteiger partial charge on any atom is -0.327 e. The molecule has 1 aliphatic carbocycles. The molecule has 2 N–H and O–H groups in total. The highest BCUT2D eigenvalue weighted by Crippen LogP contribution is 2.31. The Labute approximate surface area is 140 Å². The minimum atomic E-state index is 0.433. The number of nitrogens with zero attached hydrogens (tertiary/aromatic N) is 1. The van der Waals surface area contributed by atoms with Crippen LogP contribution in [0.1, 0.15) is 50.5 Å². The molecule has 122 valence electrons. The van der Waals surface area contributed by atoms with Gasteiger partial charge in [-0.15, -0.1) is 0 Å². The van der Waals surface area contributed by atoms with E-state index in [9.17, 15) is 0 Å². The lowest BCUT2D eigenvalue weighted by Crippen LogP contribution is -2.39. The van der Waals surface area contributed by atoms with Gasteiger partial charge in [0.1, 0.15) is 0 Å². The quantitative estimate of drug-likeness (QED) is 0.868. The van der Waals surface area contributed by atoms with Crippen molar-refractivity contribution in [2.45, 2.75) is 57.5 Å². The lowest BCUT2D eigenvalue weighted by atomic mass is 9.86. The highest BCUT2D eigenvalue weighted by molar-refractivity contribution is 6.30. The monoisotopic (exact) mass is 320 g/mol. The molecule has 1 aliphatic heterocycles. The van der Waals surface area contributed by atoms with E-state index in [1.54, 1.807) is 0 Å². The molecule has 0 radical (unpaired) electrons. The van der Waals surface area contributed by atoms with Crippen LogP contribution in [0.2, 0.25) is 5.02 Å². The number of benzene rings is 1. The van der Waals surface area contributed by atoms with Crippen molar-refractivity contribution in [2.75, 3.05) is 13.1 Å². The van der Waals surface area contributed by atoms with Crippen LogP contribution in [0.15, 0.2) is 24.3 Å². The van der Waals surface area contributed by atoms with E-state index in [2.05, 4.69) is 17.0 Å². The maximum atomic E-state index is 6.49. The predicted octanol–water partition coefficient (Wildman–Crippen LogP) is 4.46. The lowest BCUT2D eigenvalue weighted by molar-refractivity contribution is 0.150. The summed E-state index contributed by atoms with van der Waals surface area (Å²) in [5.41, 5.74) is 7.86. The first-order valence-electron chi connectivity index (χ1n) is 8.93. The first-order valence-corrected chi connectivity index (χ1v) is 9.31. The van der Waals surface area contributed by atoms with Crippen LogP contribution in [-0.4, -0.2) is 24.0 Å². The molecule has 2 aliphatic rings. The molecule has 2 nitrogen and oxygen atoms in total. The zero-order chi connectivity index (χ0) is 15.4. The number of nitrogens with two attached hydrogens (primary N) is 1. The average molecular weight is 321 g/mol. The third kappa shape index (κ3) is 4.47. The van der Waals surface area contributed by atoms with Crippen molar-refractivity contribution in [1.29, 1.82) is 0 Å². The SMILES string of the molecule is NC(CC1CCCN(Cc2ccc(Cl)cc2)C1)C1CCCC1. The Balaban J connectivity index is 1.49. The summed E-state index contributed by atoms with van der Waals surface area (Å²) in [6.45, 7) is 3.48. The van der Waals surface area contributed by atoms with E-state index in [0.29, 0.717) is 6.04 Å². The van der Waals surface area contributed by atoms with Gasteiger partial charge in [0.05, 0.1) is 0 Å². The second-order valence-electron chi connectivity index (χ2n) is 7.31. The summed E-state index contributed by atoms with van der Waals surface area (Å²) in [5, 5.41) is 0.822. The van der Waals surface area contributed by atoms with Gasteiger partial charge in [0.2, 0.25) is 0 Å². The summed E-state index contributed by atoms with van der Waals surface area (Å²) in [6.07, 6.45) is 9.41. The zero-order valence-corrected chi connectivity index (χ0v) is 14.3. The summed E-state index contributed by atoms with van der Waals surface area (Å²) in [6, 6.07) is 8.72. The Kier molecular flexibility index (Phi) is 5.78. The lowest BCUT2D eigenvalue weighted by Gasteiger charge is -2.35. The van der Waals surface area contributed by atoms with Gasteiger partial charge in [0.25, 0.3) is 0 Å². The van der Waals surface area contributed by atoms with Gasteiger partial charge in [-0.1, -0.05) is 36.6 Å². The first kappa shape index (κ1) is 16.3. The Morgan fingerprint density at radius 1 is 1.09 bits per heavy atom. The van der Waals surface area contributed by atoms with Gasteiger partial charge >= 0.3 is 0 Å². The van der Waals surface area contributed by atoms with Crippen LogP contribution >= 0.6 is 11.6 Å². The summed E-state index contributed by atoms with van der Waals surface area (Å²) < 4.78 is 0. The molecule has 0 amide bonds. The molecule has 22 heavy (non-hydrogen) atoms. The van der Waals surface area contributed by atoms with Gasteiger partial charge < -0.3 is 5.73 Å². The van der Waals surface area contributed by atoms with E-state index in [-0.39, 0.29) is 0 Å².